The van der Waals surface area contributed by atoms with E-state index in [2.05, 4.69) is 43.1 Å². The van der Waals surface area contributed by atoms with Crippen LogP contribution in [0.5, 0.6) is 0 Å². The van der Waals surface area contributed by atoms with E-state index in [1.54, 1.807) is 11.8 Å². The maximum atomic E-state index is 5.50. The molecule has 0 atom stereocenters. The summed E-state index contributed by atoms with van der Waals surface area (Å²) >= 11 is 3.70. The summed E-state index contributed by atoms with van der Waals surface area (Å²) in [4.78, 5) is 5.19. The Morgan fingerprint density at radius 1 is 1.20 bits per heavy atom. The Morgan fingerprint density at radius 3 is 2.70 bits per heavy atom. The summed E-state index contributed by atoms with van der Waals surface area (Å²) in [6.45, 7) is 0.678. The minimum absolute atomic E-state index is 0.678. The summed E-state index contributed by atoms with van der Waals surface area (Å²) in [5, 5.41) is 10.7. The molecule has 3 rings (SSSR count). The molecule has 5 nitrogen and oxygen atoms in total. The van der Waals surface area contributed by atoms with Crippen molar-refractivity contribution in [1.82, 2.24) is 15.2 Å². The van der Waals surface area contributed by atoms with Crippen molar-refractivity contribution < 1.29 is 4.42 Å². The highest BCUT2D eigenvalue weighted by Crippen LogP contribution is 2.25. The zero-order chi connectivity index (χ0) is 13.8. The smallest absolute Gasteiger partial charge is 0.188 e. The zero-order valence-electron chi connectivity index (χ0n) is 10.3. The van der Waals surface area contributed by atoms with Crippen LogP contribution in [0.3, 0.4) is 0 Å². The molecule has 0 radical (unpaired) electrons. The maximum Gasteiger partial charge on any atom is 0.188 e. The topological polar surface area (TPSA) is 66.7 Å². The van der Waals surface area contributed by atoms with Crippen LogP contribution in [0.1, 0.15) is 5.76 Å². The highest BCUT2D eigenvalue weighted by Gasteiger charge is 2.02. The van der Waals surface area contributed by atoms with Gasteiger partial charge in [0.05, 0.1) is 6.54 Å². The number of benzene rings is 1. The molecule has 0 saturated heterocycles. The van der Waals surface area contributed by atoms with Crippen LogP contribution in [0.25, 0.3) is 0 Å². The van der Waals surface area contributed by atoms with Crippen molar-refractivity contribution in [3.8, 4) is 0 Å². The Morgan fingerprint density at radius 2 is 2.05 bits per heavy atom. The third-order valence-electron chi connectivity index (χ3n) is 2.56. The normalized spacial score (nSPS) is 10.7. The molecule has 102 valence electrons. The van der Waals surface area contributed by atoms with Crippen molar-refractivity contribution in [1.29, 1.82) is 0 Å². The van der Waals surface area contributed by atoms with E-state index in [1.807, 2.05) is 36.4 Å². The number of nitrogens with one attached hydrogen (secondary N) is 2. The van der Waals surface area contributed by atoms with Gasteiger partial charge >= 0.3 is 0 Å². The Kier molecular flexibility index (Phi) is 4.26. The molecule has 2 N–H and O–H groups in total. The molecule has 1 aromatic carbocycles. The summed E-state index contributed by atoms with van der Waals surface area (Å²) in [5.74, 6) is 0.925. The van der Waals surface area contributed by atoms with Crippen LogP contribution >= 0.6 is 34.4 Å². The molecule has 0 saturated carbocycles. The molecule has 0 aliphatic carbocycles. The van der Waals surface area contributed by atoms with Crippen LogP contribution < -0.4 is 5.32 Å². The maximum absolute atomic E-state index is 5.50. The fourth-order valence-electron chi connectivity index (χ4n) is 1.63. The van der Waals surface area contributed by atoms with E-state index in [9.17, 15) is 0 Å². The van der Waals surface area contributed by atoms with E-state index in [-0.39, 0.29) is 0 Å². The minimum Gasteiger partial charge on any atom is -0.454 e. The summed E-state index contributed by atoms with van der Waals surface area (Å²) in [7, 11) is 0. The first-order chi connectivity index (χ1) is 9.79. The Bertz CT molecular complexity index is 666. The van der Waals surface area contributed by atoms with E-state index < -0.39 is 0 Å². The van der Waals surface area contributed by atoms with Crippen LogP contribution in [0, 0.1) is 3.77 Å². The van der Waals surface area contributed by atoms with Gasteiger partial charge in [0, 0.05) is 10.6 Å². The molecule has 0 aliphatic heterocycles. The number of anilines is 1. The first kappa shape index (κ1) is 13.5. The number of hydrogen-bond donors (Lipinski definition) is 2. The Labute approximate surface area is 133 Å². The number of furan rings is 1. The van der Waals surface area contributed by atoms with Crippen LogP contribution in [0.2, 0.25) is 0 Å². The van der Waals surface area contributed by atoms with Gasteiger partial charge in [-0.05, 0) is 59.0 Å². The molecule has 7 heteroatoms. The van der Waals surface area contributed by atoms with Gasteiger partial charge in [0.1, 0.15) is 12.1 Å². The SMILES string of the molecule is Ic1ccc(CNc2ccc(Sc3ncn[nH]3)cc2)o1. The van der Waals surface area contributed by atoms with E-state index >= 15 is 0 Å². The third kappa shape index (κ3) is 3.54. The lowest BCUT2D eigenvalue weighted by molar-refractivity contribution is 0.493. The molecular weight excluding hydrogens is 387 g/mol. The number of hydrogen-bond acceptors (Lipinski definition) is 5. The molecule has 3 aromatic rings. The quantitative estimate of drug-likeness (QED) is 0.641. The van der Waals surface area contributed by atoms with Gasteiger partial charge in [0.25, 0.3) is 0 Å². The second-order valence-electron chi connectivity index (χ2n) is 3.98. The summed E-state index contributed by atoms with van der Waals surface area (Å²) in [6.07, 6.45) is 1.50. The predicted molar refractivity (Wildman–Crippen MR) is 85.7 cm³/mol. The molecule has 2 aromatic heterocycles. The van der Waals surface area contributed by atoms with Crippen molar-refractivity contribution in [3.63, 3.8) is 0 Å². The standard InChI is InChI=1S/C13H11IN4OS/c14-12-6-3-10(19-12)7-15-9-1-4-11(5-2-9)20-13-16-8-17-18-13/h1-6,8,15H,7H2,(H,16,17,18). The molecule has 20 heavy (non-hydrogen) atoms. The van der Waals surface area contributed by atoms with Gasteiger partial charge in [-0.1, -0.05) is 11.8 Å². The Hall–Kier alpha value is -1.48. The van der Waals surface area contributed by atoms with Gasteiger partial charge in [0.15, 0.2) is 8.92 Å². The van der Waals surface area contributed by atoms with E-state index in [0.717, 1.165) is 25.3 Å². The summed E-state index contributed by atoms with van der Waals surface area (Å²) in [5.41, 5.74) is 1.05. The van der Waals surface area contributed by atoms with Crippen LogP contribution in [-0.4, -0.2) is 15.2 Å². The monoisotopic (exact) mass is 398 g/mol. The second kappa shape index (κ2) is 6.31. The number of H-pyrrole nitrogens is 1. The number of halogens is 1. The van der Waals surface area contributed by atoms with Gasteiger partial charge in [-0.15, -0.1) is 0 Å². The fourth-order valence-corrected chi connectivity index (χ4v) is 2.79. The van der Waals surface area contributed by atoms with Crippen molar-refractivity contribution in [2.75, 3.05) is 5.32 Å². The number of aromatic amines is 1. The fraction of sp³-hybridized carbons (Fsp3) is 0.0769. The first-order valence-electron chi connectivity index (χ1n) is 5.91. The van der Waals surface area contributed by atoms with Gasteiger partial charge < -0.3 is 9.73 Å². The lowest BCUT2D eigenvalue weighted by Crippen LogP contribution is -1.97. The largest absolute Gasteiger partial charge is 0.454 e. The minimum atomic E-state index is 0.678. The average Bonchev–Trinajstić information content (AvgIpc) is 3.10. The molecular formula is C13H11IN4OS. The molecule has 0 aliphatic rings. The van der Waals surface area contributed by atoms with Crippen molar-refractivity contribution in [2.24, 2.45) is 0 Å². The highest BCUT2D eigenvalue weighted by atomic mass is 127. The first-order valence-corrected chi connectivity index (χ1v) is 7.80. The van der Waals surface area contributed by atoms with Crippen LogP contribution in [0.4, 0.5) is 5.69 Å². The number of nitrogens with zero attached hydrogens (tertiary/aromatic N) is 2. The molecule has 0 spiro atoms. The highest BCUT2D eigenvalue weighted by molar-refractivity contribution is 14.1. The lowest BCUT2D eigenvalue weighted by Gasteiger charge is -2.05. The van der Waals surface area contributed by atoms with E-state index in [4.69, 9.17) is 4.42 Å². The molecule has 0 fully saturated rings. The Balaban J connectivity index is 1.58. The summed E-state index contributed by atoms with van der Waals surface area (Å²) in [6, 6.07) is 12.1. The van der Waals surface area contributed by atoms with Gasteiger partial charge in [-0.2, -0.15) is 5.10 Å². The van der Waals surface area contributed by atoms with E-state index in [0.29, 0.717) is 6.54 Å². The second-order valence-corrected chi connectivity index (χ2v) is 6.10. The molecule has 0 amide bonds. The van der Waals surface area contributed by atoms with Gasteiger partial charge in [0.2, 0.25) is 0 Å². The molecule has 0 unspecified atom stereocenters. The van der Waals surface area contributed by atoms with Crippen molar-refractivity contribution in [3.05, 3.63) is 52.3 Å². The third-order valence-corrected chi connectivity index (χ3v) is 4.04. The van der Waals surface area contributed by atoms with E-state index in [1.165, 1.54) is 6.33 Å². The lowest BCUT2D eigenvalue weighted by atomic mass is 10.3. The van der Waals surface area contributed by atoms with Crippen molar-refractivity contribution in [2.45, 2.75) is 16.6 Å². The van der Waals surface area contributed by atoms with Gasteiger partial charge in [-0.3, -0.25) is 5.10 Å². The number of rotatable bonds is 5. The molecule has 0 bridgehead atoms. The van der Waals surface area contributed by atoms with Gasteiger partial charge in [-0.25, -0.2) is 4.98 Å². The average molecular weight is 398 g/mol. The van der Waals surface area contributed by atoms with Crippen molar-refractivity contribution >= 4 is 40.0 Å². The molecule has 2 heterocycles. The predicted octanol–water partition coefficient (Wildman–Crippen LogP) is 3.77. The number of aromatic nitrogens is 3. The van der Waals surface area contributed by atoms with Crippen LogP contribution in [0.15, 0.2) is 57.2 Å². The summed E-state index contributed by atoms with van der Waals surface area (Å²) < 4.78 is 6.40. The van der Waals surface area contributed by atoms with Crippen LogP contribution in [-0.2, 0) is 6.54 Å². The zero-order valence-corrected chi connectivity index (χ0v) is 13.3.